The molecule has 4 aromatic rings. The zero-order valence-electron chi connectivity index (χ0n) is 18.5. The van der Waals surface area contributed by atoms with E-state index in [2.05, 4.69) is 10.4 Å². The van der Waals surface area contributed by atoms with Crippen LogP contribution in [0.4, 0.5) is 0 Å². The van der Waals surface area contributed by atoms with Crippen LogP contribution < -0.4 is 21.3 Å². The molecule has 2 aromatic heterocycles. The number of nitrogens with one attached hydrogen (secondary N) is 1. The van der Waals surface area contributed by atoms with Crippen LogP contribution in [0.15, 0.2) is 52.1 Å². The molecule has 0 bridgehead atoms. The van der Waals surface area contributed by atoms with Crippen LogP contribution in [0, 0.1) is 0 Å². The Kier molecular flexibility index (Phi) is 5.56. The molecule has 9 nitrogen and oxygen atoms in total. The van der Waals surface area contributed by atoms with E-state index in [9.17, 15) is 14.4 Å². The number of carbonyl (C=O) groups excluding carboxylic acids is 1. The number of hydrogen-bond acceptors (Lipinski definition) is 5. The van der Waals surface area contributed by atoms with Crippen molar-refractivity contribution in [2.75, 3.05) is 7.11 Å². The zero-order chi connectivity index (χ0) is 23.0. The first-order valence-electron chi connectivity index (χ1n) is 10.4. The van der Waals surface area contributed by atoms with Crippen LogP contribution in [0.5, 0.6) is 5.75 Å². The van der Waals surface area contributed by atoms with Crippen LogP contribution in [0.3, 0.4) is 0 Å². The smallest absolute Gasteiger partial charge is 0.352 e. The molecule has 2 heterocycles. The van der Waals surface area contributed by atoms with Gasteiger partial charge in [-0.15, -0.1) is 5.10 Å². The molecule has 32 heavy (non-hydrogen) atoms. The van der Waals surface area contributed by atoms with Crippen molar-refractivity contribution in [3.8, 4) is 5.75 Å². The molecule has 0 aliphatic rings. The minimum absolute atomic E-state index is 0.00944. The Morgan fingerprint density at radius 2 is 1.97 bits per heavy atom. The summed E-state index contributed by atoms with van der Waals surface area (Å²) in [6.07, 6.45) is 0.792. The van der Waals surface area contributed by atoms with E-state index in [1.54, 1.807) is 32.4 Å². The van der Waals surface area contributed by atoms with Gasteiger partial charge >= 0.3 is 5.69 Å². The van der Waals surface area contributed by atoms with E-state index < -0.39 is 5.69 Å². The number of fused-ring (bicyclic) bond motifs is 3. The van der Waals surface area contributed by atoms with E-state index in [4.69, 9.17) is 4.74 Å². The van der Waals surface area contributed by atoms with Crippen molar-refractivity contribution in [2.45, 2.75) is 32.9 Å². The highest BCUT2D eigenvalue weighted by Crippen LogP contribution is 2.16. The lowest BCUT2D eigenvalue weighted by molar-refractivity contribution is 0.0939. The van der Waals surface area contributed by atoms with Crippen LogP contribution in [0.1, 0.15) is 36.2 Å². The first-order chi connectivity index (χ1) is 15.3. The number of nitrogens with zero attached hydrogens (tertiary/aromatic N) is 4. The number of aryl methyl sites for hydroxylation is 1. The molecule has 0 saturated carbocycles. The number of hydrogen-bond donors (Lipinski definition) is 1. The van der Waals surface area contributed by atoms with Crippen LogP contribution in [0.25, 0.3) is 16.7 Å². The third-order valence-corrected chi connectivity index (χ3v) is 5.61. The molecule has 1 unspecified atom stereocenters. The summed E-state index contributed by atoms with van der Waals surface area (Å²) in [5.41, 5.74) is 0.863. The van der Waals surface area contributed by atoms with Crippen molar-refractivity contribution in [3.63, 3.8) is 0 Å². The van der Waals surface area contributed by atoms with Crippen molar-refractivity contribution in [3.05, 3.63) is 74.4 Å². The molecule has 1 N–H and O–H groups in total. The van der Waals surface area contributed by atoms with Crippen molar-refractivity contribution >= 4 is 22.6 Å². The molecule has 0 spiro atoms. The van der Waals surface area contributed by atoms with Gasteiger partial charge in [0.1, 0.15) is 5.75 Å². The van der Waals surface area contributed by atoms with Crippen molar-refractivity contribution < 1.29 is 9.53 Å². The lowest BCUT2D eigenvalue weighted by Gasteiger charge is -2.12. The van der Waals surface area contributed by atoms with Gasteiger partial charge in [0.05, 0.1) is 24.6 Å². The zero-order valence-corrected chi connectivity index (χ0v) is 18.5. The van der Waals surface area contributed by atoms with E-state index in [1.165, 1.54) is 13.6 Å². The quantitative estimate of drug-likeness (QED) is 0.499. The summed E-state index contributed by atoms with van der Waals surface area (Å²) < 4.78 is 9.26. The third kappa shape index (κ3) is 3.66. The largest absolute Gasteiger partial charge is 0.497 e. The number of carbonyl (C=O) groups is 1. The second-order valence-corrected chi connectivity index (χ2v) is 7.81. The number of rotatable bonds is 6. The summed E-state index contributed by atoms with van der Waals surface area (Å²) >= 11 is 0. The van der Waals surface area contributed by atoms with E-state index in [0.717, 1.165) is 12.0 Å². The maximum atomic E-state index is 13.3. The Bertz CT molecular complexity index is 1450. The molecule has 0 saturated heterocycles. The molecule has 4 rings (SSSR count). The fourth-order valence-corrected chi connectivity index (χ4v) is 3.59. The minimum Gasteiger partial charge on any atom is -0.497 e. The lowest BCUT2D eigenvalue weighted by Crippen LogP contribution is -2.32. The highest BCUT2D eigenvalue weighted by molar-refractivity contribution is 5.98. The molecule has 9 heteroatoms. The van der Waals surface area contributed by atoms with Crippen molar-refractivity contribution in [2.24, 2.45) is 7.05 Å². The summed E-state index contributed by atoms with van der Waals surface area (Å²) in [6.45, 7) is 4.11. The highest BCUT2D eigenvalue weighted by Gasteiger charge is 2.18. The second kappa shape index (κ2) is 8.33. The van der Waals surface area contributed by atoms with Crippen LogP contribution in [-0.2, 0) is 13.6 Å². The molecule has 166 valence electrons. The average Bonchev–Trinajstić information content (AvgIpc) is 3.13. The van der Waals surface area contributed by atoms with Gasteiger partial charge in [0, 0.05) is 18.7 Å². The van der Waals surface area contributed by atoms with Gasteiger partial charge in [-0.05, 0) is 49.2 Å². The lowest BCUT2D eigenvalue weighted by atomic mass is 10.1. The average molecular weight is 435 g/mol. The highest BCUT2D eigenvalue weighted by atomic mass is 16.5. The maximum Gasteiger partial charge on any atom is 0.352 e. The summed E-state index contributed by atoms with van der Waals surface area (Å²) in [5, 5.41) is 7.64. The Balaban J connectivity index is 1.89. The van der Waals surface area contributed by atoms with Crippen LogP contribution in [0.2, 0.25) is 0 Å². The first-order valence-corrected chi connectivity index (χ1v) is 10.4. The Morgan fingerprint density at radius 3 is 2.69 bits per heavy atom. The molecule has 0 fully saturated rings. The van der Waals surface area contributed by atoms with Gasteiger partial charge in [0.15, 0.2) is 0 Å². The van der Waals surface area contributed by atoms with Crippen molar-refractivity contribution in [1.82, 2.24) is 24.1 Å². The molecule has 0 aliphatic carbocycles. The van der Waals surface area contributed by atoms with E-state index in [1.807, 2.05) is 38.1 Å². The van der Waals surface area contributed by atoms with Gasteiger partial charge in [0.2, 0.25) is 5.78 Å². The van der Waals surface area contributed by atoms with E-state index in [0.29, 0.717) is 22.2 Å². The first kappa shape index (κ1) is 21.4. The number of amides is 1. The summed E-state index contributed by atoms with van der Waals surface area (Å²) in [5.74, 6) is 0.621. The predicted octanol–water partition coefficient (Wildman–Crippen LogP) is 1.93. The molecular formula is C23H25N5O4. The van der Waals surface area contributed by atoms with E-state index >= 15 is 0 Å². The molecule has 0 aliphatic heterocycles. The number of ether oxygens (including phenoxy) is 1. The van der Waals surface area contributed by atoms with Gasteiger partial charge in [-0.1, -0.05) is 19.1 Å². The molecule has 1 atom stereocenters. The Morgan fingerprint density at radius 1 is 1.19 bits per heavy atom. The Hall–Kier alpha value is -3.88. The number of aromatic nitrogens is 4. The van der Waals surface area contributed by atoms with Crippen LogP contribution in [-0.4, -0.2) is 37.8 Å². The SMILES string of the molecule is CCC(C)NC(=O)c1ccc2c(=O)n(C)c3nn(Cc4cccc(OC)c4)c(=O)n3c2c1. The van der Waals surface area contributed by atoms with Gasteiger partial charge in [-0.2, -0.15) is 0 Å². The third-order valence-electron chi connectivity index (χ3n) is 5.61. The predicted molar refractivity (Wildman–Crippen MR) is 122 cm³/mol. The summed E-state index contributed by atoms with van der Waals surface area (Å²) in [4.78, 5) is 38.8. The number of benzene rings is 2. The molecule has 2 aromatic carbocycles. The molecule has 0 radical (unpaired) electrons. The van der Waals surface area contributed by atoms with Gasteiger partial charge in [0.25, 0.3) is 11.5 Å². The van der Waals surface area contributed by atoms with Gasteiger partial charge in [-0.3, -0.25) is 14.2 Å². The van der Waals surface area contributed by atoms with E-state index in [-0.39, 0.29) is 29.8 Å². The second-order valence-electron chi connectivity index (χ2n) is 7.81. The fraction of sp³-hybridized carbons (Fsp3) is 0.304. The Labute approximate surface area is 183 Å². The van der Waals surface area contributed by atoms with Gasteiger partial charge < -0.3 is 10.1 Å². The topological polar surface area (TPSA) is 99.6 Å². The monoisotopic (exact) mass is 435 g/mol. The molecule has 1 amide bonds. The van der Waals surface area contributed by atoms with Crippen LogP contribution >= 0.6 is 0 Å². The van der Waals surface area contributed by atoms with Gasteiger partial charge in [-0.25, -0.2) is 13.9 Å². The minimum atomic E-state index is -0.400. The maximum absolute atomic E-state index is 13.3. The molecular weight excluding hydrogens is 410 g/mol. The fourth-order valence-electron chi connectivity index (χ4n) is 3.59. The summed E-state index contributed by atoms with van der Waals surface area (Å²) in [6, 6.07) is 12.1. The summed E-state index contributed by atoms with van der Waals surface area (Å²) in [7, 11) is 3.15. The number of methoxy groups -OCH3 is 1. The standard InChI is InChI=1S/C23H25N5O4/c1-5-14(2)24-20(29)16-9-10-18-19(12-16)28-22(26(3)21(18)30)25-27(23(28)31)13-15-7-6-8-17(11-15)32-4/h6-12,14H,5,13H2,1-4H3,(H,24,29). The normalized spacial score (nSPS) is 12.2. The van der Waals surface area contributed by atoms with Crippen molar-refractivity contribution in [1.29, 1.82) is 0 Å².